The fraction of sp³-hybridized carbons (Fsp3) is 0.356. The molecule has 9 unspecified atom stereocenters. The van der Waals surface area contributed by atoms with Gasteiger partial charge in [0, 0.05) is 18.2 Å². The summed E-state index contributed by atoms with van der Waals surface area (Å²) in [6.07, 6.45) is 0.334. The van der Waals surface area contributed by atoms with Gasteiger partial charge >= 0.3 is 11.8 Å². The van der Waals surface area contributed by atoms with Gasteiger partial charge in [0.1, 0.15) is 58.3 Å². The van der Waals surface area contributed by atoms with Crippen LogP contribution in [-0.4, -0.2) is 131 Å². The van der Waals surface area contributed by atoms with Crippen LogP contribution in [-0.2, 0) is 15.1 Å². The van der Waals surface area contributed by atoms with Gasteiger partial charge in [0.25, 0.3) is 0 Å². The molecule has 0 amide bonds. The second-order valence-corrected chi connectivity index (χ2v) is 16.4. The van der Waals surface area contributed by atoms with Crippen LogP contribution in [0.1, 0.15) is 48.5 Å². The molecule has 2 bridgehead atoms. The molecule has 2 fully saturated rings. The molecule has 64 heavy (non-hydrogen) atoms. The highest BCUT2D eigenvalue weighted by atomic mass is 16.7. The normalized spacial score (nSPS) is 29.5. The number of carbonyl (C=O) groups is 1. The van der Waals surface area contributed by atoms with Crippen molar-refractivity contribution in [2.24, 2.45) is 20.9 Å². The van der Waals surface area contributed by atoms with Crippen molar-refractivity contribution in [3.05, 3.63) is 102 Å². The minimum absolute atomic E-state index is 0.00308. The molecule has 0 spiro atoms. The Labute approximate surface area is 364 Å². The molecule has 19 heteroatoms. The van der Waals surface area contributed by atoms with Gasteiger partial charge in [0.2, 0.25) is 12.0 Å². The SMILES string of the molecule is [NH2+]=C1C=CC(C(O)C(CO)Oc2ccc(C3C=C(O)c4c(cc(OC5OC(C(=O)O)C6(O)C(C7=NC=NC7)C=CC5(O)C6O)c(OC5(c6cccc(O)c6)CCCC5)c4O)O3)cc2)=N1. The quantitative estimate of drug-likeness (QED) is 0.107. The number of aliphatic hydroxyl groups is 6. The zero-order valence-corrected chi connectivity index (χ0v) is 33.8. The maximum absolute atomic E-state index is 12.8. The minimum Gasteiger partial charge on any atom is -0.508 e. The maximum atomic E-state index is 12.8. The van der Waals surface area contributed by atoms with Crippen molar-refractivity contribution >= 4 is 35.3 Å². The largest absolute Gasteiger partial charge is 0.508 e. The maximum Gasteiger partial charge on any atom is 0.336 e. The summed E-state index contributed by atoms with van der Waals surface area (Å²) in [5.41, 5.74) is -5.15. The van der Waals surface area contributed by atoms with Crippen LogP contribution in [0.15, 0.2) is 100.0 Å². The number of amidine groups is 1. The van der Waals surface area contributed by atoms with E-state index in [2.05, 4.69) is 15.0 Å². The van der Waals surface area contributed by atoms with E-state index >= 15 is 0 Å². The highest BCUT2D eigenvalue weighted by Gasteiger charge is 2.70. The van der Waals surface area contributed by atoms with Crippen molar-refractivity contribution in [1.82, 2.24) is 0 Å². The Morgan fingerprint density at radius 1 is 1.03 bits per heavy atom. The summed E-state index contributed by atoms with van der Waals surface area (Å²) < 4.78 is 31.1. The molecule has 334 valence electrons. The fourth-order valence-electron chi connectivity index (χ4n) is 9.17. The molecule has 3 aromatic carbocycles. The Morgan fingerprint density at radius 2 is 1.80 bits per heavy atom. The smallest absolute Gasteiger partial charge is 0.336 e. The Bertz CT molecular complexity index is 2570. The lowest BCUT2D eigenvalue weighted by Gasteiger charge is -2.55. The average molecular weight is 882 g/mol. The van der Waals surface area contributed by atoms with Crippen LogP contribution < -0.4 is 24.4 Å². The van der Waals surface area contributed by atoms with Crippen molar-refractivity contribution in [2.45, 2.75) is 79.3 Å². The summed E-state index contributed by atoms with van der Waals surface area (Å²) in [4.78, 5) is 25.0. The Balaban J connectivity index is 1.08. The number of nitrogens with zero attached hydrogens (tertiary/aromatic N) is 3. The lowest BCUT2D eigenvalue weighted by Crippen LogP contribution is -2.78. The molecule has 11 N–H and O–H groups in total. The number of phenols is 2. The molecule has 1 saturated heterocycles. The number of ether oxygens (including phenoxy) is 5. The van der Waals surface area contributed by atoms with E-state index in [-0.39, 0.29) is 58.1 Å². The highest BCUT2D eigenvalue weighted by molar-refractivity contribution is 6.15. The van der Waals surface area contributed by atoms with Gasteiger partial charge in [-0.15, -0.1) is 0 Å². The Kier molecular flexibility index (Phi) is 10.8. The minimum atomic E-state index is -2.65. The third kappa shape index (κ3) is 7.15. The number of aromatic hydroxyl groups is 2. The van der Waals surface area contributed by atoms with Gasteiger partial charge in [-0.3, -0.25) is 10.4 Å². The number of rotatable bonds is 13. The first-order valence-corrected chi connectivity index (χ1v) is 20.5. The van der Waals surface area contributed by atoms with Crippen molar-refractivity contribution < 1.29 is 79.8 Å². The van der Waals surface area contributed by atoms with Crippen LogP contribution in [0.4, 0.5) is 0 Å². The van der Waals surface area contributed by atoms with Gasteiger partial charge in [-0.05, 0) is 78.2 Å². The topological polar surface area (TPSA) is 308 Å². The van der Waals surface area contributed by atoms with E-state index in [1.807, 2.05) is 0 Å². The molecule has 4 aliphatic heterocycles. The van der Waals surface area contributed by atoms with Gasteiger partial charge < -0.3 is 69.6 Å². The third-order valence-electron chi connectivity index (χ3n) is 12.5. The van der Waals surface area contributed by atoms with Crippen molar-refractivity contribution in [1.29, 1.82) is 0 Å². The van der Waals surface area contributed by atoms with E-state index in [0.717, 1.165) is 6.08 Å². The highest BCUT2D eigenvalue weighted by Crippen LogP contribution is 2.56. The van der Waals surface area contributed by atoms with Crippen LogP contribution in [0.5, 0.6) is 34.5 Å². The summed E-state index contributed by atoms with van der Waals surface area (Å²) in [6, 6.07) is 14.0. The standard InChI is InChI=1S/C45H44N4O15/c46-34-11-10-27(49-34)36(53)33(20-50)60-25-8-6-22(7-9-25)30-17-29(52)35-31(61-30)18-32(38(37(35)54)64-43(13-1-2-14-43)23-4-3-5-24(51)16-23)62-42-44(58)15-12-26(28-19-47-21-48-28)45(59,41(44)57)39(63-42)40(55)56/h3-12,15-18,21,26,30,33,36,39,41-42,46,50-54,57-59H,1-2,13-14,19-20H2,(H,55,56)/p+1. The van der Waals surface area contributed by atoms with Gasteiger partial charge in [-0.2, -0.15) is 0 Å². The van der Waals surface area contributed by atoms with E-state index in [9.17, 15) is 50.8 Å². The monoisotopic (exact) mass is 881 g/mol. The summed E-state index contributed by atoms with van der Waals surface area (Å²) in [5.74, 6) is -4.50. The first-order valence-electron chi connectivity index (χ1n) is 20.5. The molecule has 6 aliphatic rings. The number of hydrogen-bond donors (Lipinski definition) is 10. The molecule has 1 saturated carbocycles. The Morgan fingerprint density at radius 3 is 2.45 bits per heavy atom. The first-order chi connectivity index (χ1) is 30.6. The fourth-order valence-corrected chi connectivity index (χ4v) is 9.17. The lowest BCUT2D eigenvalue weighted by atomic mass is 9.64. The molecular weight excluding hydrogens is 837 g/mol. The number of phenolic OH excluding ortho intramolecular Hbond substituents is 2. The summed E-state index contributed by atoms with van der Waals surface area (Å²) in [7, 11) is 0. The van der Waals surface area contributed by atoms with E-state index < -0.39 is 83.6 Å². The summed E-state index contributed by atoms with van der Waals surface area (Å²) in [5, 5.41) is 107. The first kappa shape index (κ1) is 42.7. The molecule has 19 nitrogen and oxygen atoms in total. The van der Waals surface area contributed by atoms with Crippen molar-refractivity contribution in [2.75, 3.05) is 13.2 Å². The van der Waals surface area contributed by atoms with Crippen LogP contribution in [0, 0.1) is 5.92 Å². The second-order valence-electron chi connectivity index (χ2n) is 16.4. The molecule has 0 aromatic heterocycles. The van der Waals surface area contributed by atoms with Crippen LogP contribution in [0.25, 0.3) is 5.76 Å². The van der Waals surface area contributed by atoms with Crippen LogP contribution in [0.3, 0.4) is 0 Å². The van der Waals surface area contributed by atoms with Gasteiger partial charge in [-0.1, -0.05) is 30.3 Å². The molecule has 0 radical (unpaired) electrons. The number of carboxylic acids is 1. The number of aliphatic hydroxyl groups excluding tert-OH is 4. The lowest BCUT2D eigenvalue weighted by molar-refractivity contribution is -0.337. The number of carboxylic acid groups (broad SMARTS) is 1. The number of benzene rings is 3. The second kappa shape index (κ2) is 16.2. The molecule has 2 aliphatic carbocycles. The van der Waals surface area contributed by atoms with E-state index in [1.54, 1.807) is 36.4 Å². The molecule has 3 aromatic rings. The number of aliphatic imine (C=N–C) groups is 3. The zero-order valence-electron chi connectivity index (χ0n) is 33.8. The van der Waals surface area contributed by atoms with Crippen molar-refractivity contribution in [3.63, 3.8) is 0 Å². The number of fused-ring (bicyclic) bond motifs is 3. The summed E-state index contributed by atoms with van der Waals surface area (Å²) >= 11 is 0. The molecular formula is C45H45N4O15+. The predicted octanol–water partition coefficient (Wildman–Crippen LogP) is 0.928. The van der Waals surface area contributed by atoms with Gasteiger partial charge in [-0.25, -0.2) is 9.79 Å². The van der Waals surface area contributed by atoms with E-state index in [1.165, 1.54) is 48.8 Å². The molecule has 9 rings (SSSR count). The van der Waals surface area contributed by atoms with Crippen LogP contribution >= 0.6 is 0 Å². The number of nitrogens with two attached hydrogens (primary N) is 1. The Hall–Kier alpha value is -6.61. The zero-order chi connectivity index (χ0) is 45.1. The molecule has 9 atom stereocenters. The predicted molar refractivity (Wildman–Crippen MR) is 225 cm³/mol. The van der Waals surface area contributed by atoms with Gasteiger partial charge in [0.15, 0.2) is 41.1 Å². The number of aliphatic carboxylic acids is 1. The molecule has 4 heterocycles. The summed E-state index contributed by atoms with van der Waals surface area (Å²) in [6.45, 7) is -0.547. The number of hydrogen-bond acceptors (Lipinski definition) is 16. The van der Waals surface area contributed by atoms with Crippen molar-refractivity contribution in [3.8, 4) is 34.5 Å². The average Bonchev–Trinajstić information content (AvgIpc) is 4.08. The van der Waals surface area contributed by atoms with Crippen LogP contribution in [0.2, 0.25) is 0 Å². The third-order valence-corrected chi connectivity index (χ3v) is 12.5. The van der Waals surface area contributed by atoms with E-state index in [4.69, 9.17) is 29.1 Å². The van der Waals surface area contributed by atoms with Gasteiger partial charge in [0.05, 0.1) is 24.8 Å². The van der Waals surface area contributed by atoms with E-state index in [0.29, 0.717) is 36.8 Å².